The van der Waals surface area contributed by atoms with Crippen molar-refractivity contribution in [1.82, 2.24) is 10.2 Å². The highest BCUT2D eigenvalue weighted by atomic mass is 35.5. The minimum Gasteiger partial charge on any atom is -0.350 e. The Labute approximate surface area is 205 Å². The third-order valence-corrected chi connectivity index (χ3v) is 6.33. The molecule has 0 saturated carbocycles. The van der Waals surface area contributed by atoms with Gasteiger partial charge in [0.05, 0.1) is 11.9 Å². The maximum absolute atomic E-state index is 13.4. The summed E-state index contributed by atoms with van der Waals surface area (Å²) >= 11 is 12.0. The second-order valence-corrected chi connectivity index (χ2v) is 11.6. The fourth-order valence-electron chi connectivity index (χ4n) is 3.09. The van der Waals surface area contributed by atoms with E-state index in [1.165, 1.54) is 11.0 Å². The highest BCUT2D eigenvalue weighted by molar-refractivity contribution is 7.92. The summed E-state index contributed by atoms with van der Waals surface area (Å²) < 4.78 is 26.0. The minimum absolute atomic E-state index is 0.0991. The number of rotatable bonds is 8. The zero-order chi connectivity index (χ0) is 25.0. The lowest BCUT2D eigenvalue weighted by Crippen LogP contribution is -2.54. The van der Waals surface area contributed by atoms with Crippen molar-refractivity contribution in [3.05, 3.63) is 64.1 Å². The van der Waals surface area contributed by atoms with Crippen LogP contribution in [0.2, 0.25) is 10.0 Å². The van der Waals surface area contributed by atoms with Crippen LogP contribution in [0.1, 0.15) is 33.3 Å². The molecule has 7 nitrogen and oxygen atoms in total. The third-order valence-electron chi connectivity index (χ3n) is 4.71. The van der Waals surface area contributed by atoms with Gasteiger partial charge >= 0.3 is 0 Å². The van der Waals surface area contributed by atoms with Gasteiger partial charge in [-0.2, -0.15) is 0 Å². The van der Waals surface area contributed by atoms with Crippen LogP contribution in [0.3, 0.4) is 0 Å². The number of carbonyl (C=O) groups excluding carboxylic acids is 2. The molecule has 0 aliphatic rings. The Kier molecular flexibility index (Phi) is 8.79. The van der Waals surface area contributed by atoms with Crippen LogP contribution in [0.4, 0.5) is 5.69 Å². The molecule has 0 aliphatic heterocycles. The highest BCUT2D eigenvalue weighted by Gasteiger charge is 2.31. The molecule has 0 aliphatic carbocycles. The van der Waals surface area contributed by atoms with Gasteiger partial charge in [-0.15, -0.1) is 0 Å². The monoisotopic (exact) mass is 513 g/mol. The first-order valence-electron chi connectivity index (χ1n) is 10.3. The van der Waals surface area contributed by atoms with Crippen LogP contribution in [0.5, 0.6) is 0 Å². The Balaban J connectivity index is 2.39. The first-order valence-corrected chi connectivity index (χ1v) is 12.9. The van der Waals surface area contributed by atoms with Gasteiger partial charge in [0.1, 0.15) is 12.6 Å². The quantitative estimate of drug-likeness (QED) is 0.575. The molecule has 33 heavy (non-hydrogen) atoms. The number of nitrogens with zero attached hydrogens (tertiary/aromatic N) is 2. The number of benzene rings is 2. The molecule has 0 heterocycles. The topological polar surface area (TPSA) is 86.8 Å². The fraction of sp³-hybridized carbons (Fsp3) is 0.391. The van der Waals surface area contributed by atoms with E-state index in [1.807, 2.05) is 20.8 Å². The lowest BCUT2D eigenvalue weighted by atomic mass is 10.1. The van der Waals surface area contributed by atoms with E-state index in [0.717, 1.165) is 16.1 Å². The van der Waals surface area contributed by atoms with E-state index in [1.54, 1.807) is 49.4 Å². The van der Waals surface area contributed by atoms with E-state index in [0.29, 0.717) is 10.0 Å². The van der Waals surface area contributed by atoms with Gasteiger partial charge in [0.15, 0.2) is 0 Å². The van der Waals surface area contributed by atoms with Crippen molar-refractivity contribution in [1.29, 1.82) is 0 Å². The molecule has 2 rings (SSSR count). The molecule has 1 unspecified atom stereocenters. The summed E-state index contributed by atoms with van der Waals surface area (Å²) in [4.78, 5) is 27.6. The number of hydrogen-bond donors (Lipinski definition) is 1. The van der Waals surface area contributed by atoms with E-state index in [2.05, 4.69) is 5.32 Å². The molecule has 180 valence electrons. The Morgan fingerprint density at radius 2 is 1.64 bits per heavy atom. The number of nitrogens with one attached hydrogen (secondary N) is 1. The molecule has 0 aromatic heterocycles. The van der Waals surface area contributed by atoms with Crippen molar-refractivity contribution in [3.8, 4) is 0 Å². The first-order chi connectivity index (χ1) is 15.2. The van der Waals surface area contributed by atoms with Crippen molar-refractivity contribution < 1.29 is 18.0 Å². The van der Waals surface area contributed by atoms with Crippen LogP contribution >= 0.6 is 23.2 Å². The average Bonchev–Trinajstić information content (AvgIpc) is 2.68. The average molecular weight is 514 g/mol. The maximum Gasteiger partial charge on any atom is 0.244 e. The predicted molar refractivity (Wildman–Crippen MR) is 133 cm³/mol. The van der Waals surface area contributed by atoms with Gasteiger partial charge in [-0.05, 0) is 63.6 Å². The number of sulfonamides is 1. The third kappa shape index (κ3) is 8.21. The number of carbonyl (C=O) groups is 2. The standard InChI is InChI=1S/C23H29Cl2N3O4S/c1-16(22(30)26-23(2,3)4)27(14-17-9-11-18(24)12-10-17)21(29)15-28(33(5,31)32)20-8-6-7-19(25)13-20/h6-13,16H,14-15H2,1-5H3,(H,26,30). The van der Waals surface area contributed by atoms with Gasteiger partial charge in [-0.3, -0.25) is 13.9 Å². The molecule has 2 aromatic carbocycles. The smallest absolute Gasteiger partial charge is 0.244 e. The van der Waals surface area contributed by atoms with Crippen LogP contribution in [-0.2, 0) is 26.2 Å². The van der Waals surface area contributed by atoms with Crippen molar-refractivity contribution in [2.75, 3.05) is 17.1 Å². The van der Waals surface area contributed by atoms with Crippen LogP contribution in [0, 0.1) is 0 Å². The summed E-state index contributed by atoms with van der Waals surface area (Å²) in [5.74, 6) is -0.884. The SMILES string of the molecule is CC(C(=O)NC(C)(C)C)N(Cc1ccc(Cl)cc1)C(=O)CN(c1cccc(Cl)c1)S(C)(=O)=O. The molecule has 1 N–H and O–H groups in total. The second-order valence-electron chi connectivity index (χ2n) is 8.81. The van der Waals surface area contributed by atoms with Crippen molar-refractivity contribution in [3.63, 3.8) is 0 Å². The number of hydrogen-bond acceptors (Lipinski definition) is 4. The molecule has 0 spiro atoms. The van der Waals surface area contributed by atoms with Crippen LogP contribution in [0.25, 0.3) is 0 Å². The number of halogens is 2. The van der Waals surface area contributed by atoms with Crippen molar-refractivity contribution in [2.45, 2.75) is 45.8 Å². The molecule has 0 bridgehead atoms. The van der Waals surface area contributed by atoms with E-state index in [4.69, 9.17) is 23.2 Å². The van der Waals surface area contributed by atoms with Gasteiger partial charge in [0.2, 0.25) is 21.8 Å². The largest absolute Gasteiger partial charge is 0.350 e. The van der Waals surface area contributed by atoms with Gasteiger partial charge in [0.25, 0.3) is 0 Å². The summed E-state index contributed by atoms with van der Waals surface area (Å²) in [6.07, 6.45) is 1.01. The lowest BCUT2D eigenvalue weighted by molar-refractivity contribution is -0.140. The molecule has 1 atom stereocenters. The molecule has 0 radical (unpaired) electrons. The van der Waals surface area contributed by atoms with Gasteiger partial charge in [-0.1, -0.05) is 41.4 Å². The summed E-state index contributed by atoms with van der Waals surface area (Å²) in [5, 5.41) is 3.75. The Morgan fingerprint density at radius 3 is 2.15 bits per heavy atom. The fourth-order valence-corrected chi connectivity index (χ4v) is 4.24. The van der Waals surface area contributed by atoms with Crippen molar-refractivity contribution >= 4 is 50.7 Å². The van der Waals surface area contributed by atoms with E-state index in [-0.39, 0.29) is 18.1 Å². The maximum atomic E-state index is 13.4. The van der Waals surface area contributed by atoms with E-state index in [9.17, 15) is 18.0 Å². The summed E-state index contributed by atoms with van der Waals surface area (Å²) in [6.45, 7) is 6.75. The van der Waals surface area contributed by atoms with Crippen LogP contribution in [0.15, 0.2) is 48.5 Å². The minimum atomic E-state index is -3.81. The van der Waals surface area contributed by atoms with Crippen LogP contribution < -0.4 is 9.62 Å². The second kappa shape index (κ2) is 10.8. The predicted octanol–water partition coefficient (Wildman–Crippen LogP) is 4.09. The first kappa shape index (κ1) is 27.0. The van der Waals surface area contributed by atoms with Crippen LogP contribution in [-0.4, -0.2) is 49.5 Å². The molecule has 2 amide bonds. The van der Waals surface area contributed by atoms with Crippen molar-refractivity contribution in [2.24, 2.45) is 0 Å². The summed E-state index contributed by atoms with van der Waals surface area (Å²) in [5.41, 5.74) is 0.508. The Bertz CT molecular complexity index is 1100. The van der Waals surface area contributed by atoms with E-state index >= 15 is 0 Å². The molecular weight excluding hydrogens is 485 g/mol. The number of anilines is 1. The Morgan fingerprint density at radius 1 is 1.03 bits per heavy atom. The van der Waals surface area contributed by atoms with E-state index < -0.39 is 34.1 Å². The normalized spacial score (nSPS) is 12.7. The zero-order valence-electron chi connectivity index (χ0n) is 19.3. The molecule has 0 saturated heterocycles. The molecular formula is C23H29Cl2N3O4S. The van der Waals surface area contributed by atoms with Gasteiger partial charge in [-0.25, -0.2) is 8.42 Å². The van der Waals surface area contributed by atoms with Gasteiger partial charge in [0, 0.05) is 22.1 Å². The summed E-state index contributed by atoms with van der Waals surface area (Å²) in [6, 6.07) is 12.3. The molecule has 2 aromatic rings. The highest BCUT2D eigenvalue weighted by Crippen LogP contribution is 2.23. The zero-order valence-corrected chi connectivity index (χ0v) is 21.6. The van der Waals surface area contributed by atoms with Gasteiger partial charge < -0.3 is 10.2 Å². The Hall–Kier alpha value is -2.29. The molecule has 10 heteroatoms. The summed E-state index contributed by atoms with van der Waals surface area (Å²) in [7, 11) is -3.81. The number of amides is 2. The molecule has 0 fully saturated rings. The lowest BCUT2D eigenvalue weighted by Gasteiger charge is -2.33.